The Hall–Kier alpha value is -0.900. The van der Waals surface area contributed by atoms with E-state index in [4.69, 9.17) is 15.9 Å². The zero-order valence-corrected chi connectivity index (χ0v) is 10.2. The van der Waals surface area contributed by atoms with E-state index in [-0.39, 0.29) is 20.5 Å². The van der Waals surface area contributed by atoms with Gasteiger partial charge >= 0.3 is 0 Å². The molecule has 0 bridgehead atoms. The molecule has 7 heteroatoms. The lowest BCUT2D eigenvalue weighted by molar-refractivity contribution is 0.112. The average molecular weight is 309 g/mol. The van der Waals surface area contributed by atoms with E-state index in [0.717, 1.165) is 6.07 Å². The molecule has 0 spiro atoms. The molecule has 1 rings (SSSR count). The number of hydrogen-bond donors (Lipinski definition) is 0. The summed E-state index contributed by atoms with van der Waals surface area (Å²) in [5, 5.41) is 8.70. The van der Waals surface area contributed by atoms with E-state index in [1.54, 1.807) is 6.07 Å². The first kappa shape index (κ1) is 12.2. The lowest BCUT2D eigenvalue weighted by atomic mass is 10.1. The molecule has 0 amide bonds. The van der Waals surface area contributed by atoms with E-state index in [1.165, 1.54) is 6.07 Å². The number of aldehydes is 1. The third-order valence-electron chi connectivity index (χ3n) is 1.61. The van der Waals surface area contributed by atoms with Gasteiger partial charge in [-0.1, -0.05) is 0 Å². The SMILES string of the molecule is N#Cc1c(Br)cc(S(=O)(=O)Cl)cc1C=O. The van der Waals surface area contributed by atoms with Crippen LogP contribution in [0, 0.1) is 11.3 Å². The summed E-state index contributed by atoms with van der Waals surface area (Å²) in [5.74, 6) is 0. The van der Waals surface area contributed by atoms with Crippen molar-refractivity contribution in [1.82, 2.24) is 0 Å². The Morgan fingerprint density at radius 3 is 2.47 bits per heavy atom. The first-order valence-corrected chi connectivity index (χ1v) is 6.64. The highest BCUT2D eigenvalue weighted by molar-refractivity contribution is 9.10. The van der Waals surface area contributed by atoms with E-state index in [1.807, 2.05) is 0 Å². The molecule has 4 nitrogen and oxygen atoms in total. The molecule has 15 heavy (non-hydrogen) atoms. The van der Waals surface area contributed by atoms with Gasteiger partial charge in [-0.2, -0.15) is 5.26 Å². The number of benzene rings is 1. The van der Waals surface area contributed by atoms with Crippen molar-refractivity contribution in [3.05, 3.63) is 27.7 Å². The molecule has 0 aliphatic heterocycles. The molecule has 78 valence electrons. The second kappa shape index (κ2) is 4.31. The van der Waals surface area contributed by atoms with Gasteiger partial charge in [0.2, 0.25) is 0 Å². The van der Waals surface area contributed by atoms with Crippen LogP contribution in [-0.2, 0) is 9.05 Å². The summed E-state index contributed by atoms with van der Waals surface area (Å²) in [4.78, 5) is 10.4. The molecule has 0 aliphatic rings. The van der Waals surface area contributed by atoms with Crippen LogP contribution in [0.2, 0.25) is 0 Å². The fraction of sp³-hybridized carbons (Fsp3) is 0. The predicted molar refractivity (Wildman–Crippen MR) is 57.3 cm³/mol. The van der Waals surface area contributed by atoms with Crippen molar-refractivity contribution in [3.8, 4) is 6.07 Å². The molecular weight excluding hydrogens is 306 g/mol. The molecule has 0 N–H and O–H groups in total. The van der Waals surface area contributed by atoms with Crippen molar-refractivity contribution in [2.24, 2.45) is 0 Å². The molecule has 0 heterocycles. The van der Waals surface area contributed by atoms with Gasteiger partial charge in [0, 0.05) is 20.7 Å². The van der Waals surface area contributed by atoms with Crippen molar-refractivity contribution in [1.29, 1.82) is 5.26 Å². The van der Waals surface area contributed by atoms with Crippen LogP contribution < -0.4 is 0 Å². The number of carbonyl (C=O) groups is 1. The number of halogens is 2. The smallest absolute Gasteiger partial charge is 0.261 e. The van der Waals surface area contributed by atoms with Crippen LogP contribution in [0.1, 0.15) is 15.9 Å². The Morgan fingerprint density at radius 1 is 1.47 bits per heavy atom. The fourth-order valence-corrected chi connectivity index (χ4v) is 2.46. The maximum atomic E-state index is 11.0. The monoisotopic (exact) mass is 307 g/mol. The van der Waals surface area contributed by atoms with Gasteiger partial charge in [-0.15, -0.1) is 0 Å². The molecule has 0 aliphatic carbocycles. The van der Waals surface area contributed by atoms with Gasteiger partial charge in [0.1, 0.15) is 6.07 Å². The Bertz CT molecular complexity index is 562. The summed E-state index contributed by atoms with van der Waals surface area (Å²) < 4.78 is 22.2. The first-order chi connectivity index (χ1) is 6.90. The average Bonchev–Trinajstić information content (AvgIpc) is 2.15. The molecule has 0 saturated carbocycles. The van der Waals surface area contributed by atoms with Crippen molar-refractivity contribution in [3.63, 3.8) is 0 Å². The Kier molecular flexibility index (Phi) is 3.50. The van der Waals surface area contributed by atoms with Crippen LogP contribution in [0.25, 0.3) is 0 Å². The van der Waals surface area contributed by atoms with Gasteiger partial charge in [-0.05, 0) is 28.1 Å². The van der Waals surface area contributed by atoms with E-state index in [2.05, 4.69) is 15.9 Å². The third kappa shape index (κ3) is 2.56. The summed E-state index contributed by atoms with van der Waals surface area (Å²) in [5.41, 5.74) is 0.0557. The molecule has 0 radical (unpaired) electrons. The molecule has 0 unspecified atom stereocenters. The quantitative estimate of drug-likeness (QED) is 0.619. The Labute approximate surface area is 99.0 Å². The summed E-state index contributed by atoms with van der Waals surface area (Å²) in [6.07, 6.45) is 0.398. The van der Waals surface area contributed by atoms with Gasteiger partial charge in [0.15, 0.2) is 6.29 Å². The molecule has 0 saturated heterocycles. The highest BCUT2D eigenvalue weighted by Crippen LogP contribution is 2.25. The lowest BCUT2D eigenvalue weighted by Crippen LogP contribution is -1.96. The van der Waals surface area contributed by atoms with Crippen LogP contribution in [0.4, 0.5) is 0 Å². The number of hydrogen-bond acceptors (Lipinski definition) is 4. The van der Waals surface area contributed by atoms with Crippen LogP contribution in [-0.4, -0.2) is 14.7 Å². The number of nitrogens with zero attached hydrogens (tertiary/aromatic N) is 1. The molecule has 0 fully saturated rings. The Balaban J connectivity index is 3.62. The van der Waals surface area contributed by atoms with E-state index < -0.39 is 9.05 Å². The van der Waals surface area contributed by atoms with Gasteiger partial charge < -0.3 is 0 Å². The van der Waals surface area contributed by atoms with Gasteiger partial charge in [0.25, 0.3) is 9.05 Å². The maximum Gasteiger partial charge on any atom is 0.261 e. The molecule has 0 aromatic heterocycles. The summed E-state index contributed by atoms with van der Waals surface area (Å²) in [7, 11) is 1.20. The molecule has 1 aromatic rings. The minimum absolute atomic E-state index is 0.0221. The largest absolute Gasteiger partial charge is 0.298 e. The zero-order valence-electron chi connectivity index (χ0n) is 7.07. The van der Waals surface area contributed by atoms with Crippen molar-refractivity contribution in [2.45, 2.75) is 4.90 Å². The predicted octanol–water partition coefficient (Wildman–Crippen LogP) is 2.06. The second-order valence-electron chi connectivity index (χ2n) is 2.54. The molecular formula is C8H3BrClNO3S. The number of carbonyl (C=O) groups excluding carboxylic acids is 1. The van der Waals surface area contributed by atoms with Crippen LogP contribution >= 0.6 is 26.6 Å². The number of rotatable bonds is 2. The molecule has 1 aromatic carbocycles. The highest BCUT2D eigenvalue weighted by Gasteiger charge is 2.15. The van der Waals surface area contributed by atoms with Crippen LogP contribution in [0.3, 0.4) is 0 Å². The van der Waals surface area contributed by atoms with Crippen molar-refractivity contribution < 1.29 is 13.2 Å². The fourth-order valence-electron chi connectivity index (χ4n) is 0.954. The highest BCUT2D eigenvalue weighted by atomic mass is 79.9. The van der Waals surface area contributed by atoms with Crippen LogP contribution in [0.15, 0.2) is 21.5 Å². The van der Waals surface area contributed by atoms with Gasteiger partial charge in [-0.25, -0.2) is 8.42 Å². The van der Waals surface area contributed by atoms with Gasteiger partial charge in [-0.3, -0.25) is 4.79 Å². The Morgan fingerprint density at radius 2 is 2.07 bits per heavy atom. The minimum atomic E-state index is -3.91. The van der Waals surface area contributed by atoms with Gasteiger partial charge in [0.05, 0.1) is 10.5 Å². The first-order valence-electron chi connectivity index (χ1n) is 3.53. The normalized spacial score (nSPS) is 10.7. The summed E-state index contributed by atoms with van der Waals surface area (Å²) in [6.45, 7) is 0. The van der Waals surface area contributed by atoms with Crippen molar-refractivity contribution in [2.75, 3.05) is 0 Å². The second-order valence-corrected chi connectivity index (χ2v) is 5.96. The number of nitriles is 1. The zero-order chi connectivity index (χ0) is 11.6. The summed E-state index contributed by atoms with van der Waals surface area (Å²) in [6, 6.07) is 4.01. The van der Waals surface area contributed by atoms with E-state index in [9.17, 15) is 13.2 Å². The standard InChI is InChI=1S/C8H3BrClNO3S/c9-8-2-6(15(10,13)14)1-5(4-12)7(8)3-11/h1-2,4H. The van der Waals surface area contributed by atoms with E-state index in [0.29, 0.717) is 6.29 Å². The maximum absolute atomic E-state index is 11.0. The summed E-state index contributed by atoms with van der Waals surface area (Å²) >= 11 is 2.99. The minimum Gasteiger partial charge on any atom is -0.298 e. The lowest BCUT2D eigenvalue weighted by Gasteiger charge is -2.02. The molecule has 0 atom stereocenters. The topological polar surface area (TPSA) is 75.0 Å². The van der Waals surface area contributed by atoms with Crippen molar-refractivity contribution >= 4 is 41.9 Å². The van der Waals surface area contributed by atoms with E-state index >= 15 is 0 Å². The third-order valence-corrected chi connectivity index (χ3v) is 3.57. The van der Waals surface area contributed by atoms with Crippen LogP contribution in [0.5, 0.6) is 0 Å².